The fourth-order valence-corrected chi connectivity index (χ4v) is 3.06. The van der Waals surface area contributed by atoms with Crippen LogP contribution in [-0.2, 0) is 13.1 Å². The van der Waals surface area contributed by atoms with Crippen molar-refractivity contribution in [2.24, 2.45) is 4.99 Å². The zero-order chi connectivity index (χ0) is 19.1. The number of ether oxygens (including phenoxy) is 2. The van der Waals surface area contributed by atoms with E-state index in [0.29, 0.717) is 6.54 Å². The van der Waals surface area contributed by atoms with Crippen LogP contribution in [0.5, 0.6) is 11.5 Å². The van der Waals surface area contributed by atoms with Gasteiger partial charge in [-0.05, 0) is 55.2 Å². The minimum Gasteiger partial charge on any atom is -0.493 e. The number of aryl methyl sites for hydroxylation is 3. The van der Waals surface area contributed by atoms with Crippen molar-refractivity contribution in [3.05, 3.63) is 58.1 Å². The lowest BCUT2D eigenvalue weighted by molar-refractivity contribution is 0.354. The minimum atomic E-state index is 0.645. The van der Waals surface area contributed by atoms with Gasteiger partial charge in [0.25, 0.3) is 0 Å². The predicted molar refractivity (Wildman–Crippen MR) is 107 cm³/mol. The molecule has 0 radical (unpaired) electrons. The summed E-state index contributed by atoms with van der Waals surface area (Å²) in [5.41, 5.74) is 6.29. The van der Waals surface area contributed by atoms with Gasteiger partial charge in [0.2, 0.25) is 0 Å². The van der Waals surface area contributed by atoms with Crippen LogP contribution < -0.4 is 20.1 Å². The van der Waals surface area contributed by atoms with Gasteiger partial charge in [0.1, 0.15) is 0 Å². The van der Waals surface area contributed by atoms with Gasteiger partial charge in [-0.15, -0.1) is 0 Å². The Morgan fingerprint density at radius 2 is 1.50 bits per heavy atom. The predicted octanol–water partition coefficient (Wildman–Crippen LogP) is 3.49. The number of methoxy groups -OCH3 is 2. The maximum Gasteiger partial charge on any atom is 0.191 e. The Morgan fingerprint density at radius 1 is 0.885 bits per heavy atom. The van der Waals surface area contributed by atoms with E-state index in [1.165, 1.54) is 22.3 Å². The molecular weight excluding hydrogens is 326 g/mol. The van der Waals surface area contributed by atoms with Crippen molar-refractivity contribution < 1.29 is 9.47 Å². The first-order valence-electron chi connectivity index (χ1n) is 8.70. The van der Waals surface area contributed by atoms with E-state index in [1.807, 2.05) is 18.2 Å². The summed E-state index contributed by atoms with van der Waals surface area (Å²) >= 11 is 0. The van der Waals surface area contributed by atoms with Gasteiger partial charge in [-0.3, -0.25) is 4.99 Å². The Kier molecular flexibility index (Phi) is 6.89. The molecule has 0 aromatic heterocycles. The van der Waals surface area contributed by atoms with Gasteiger partial charge >= 0.3 is 0 Å². The fraction of sp³-hybridized carbons (Fsp3) is 0.381. The van der Waals surface area contributed by atoms with Crippen LogP contribution in [-0.4, -0.2) is 27.2 Å². The Labute approximate surface area is 156 Å². The van der Waals surface area contributed by atoms with E-state index in [4.69, 9.17) is 9.47 Å². The number of guanidine groups is 1. The molecule has 0 aliphatic heterocycles. The van der Waals surface area contributed by atoms with E-state index in [1.54, 1.807) is 21.3 Å². The van der Waals surface area contributed by atoms with Crippen LogP contribution in [0.15, 0.2) is 35.3 Å². The molecule has 5 heteroatoms. The van der Waals surface area contributed by atoms with E-state index in [9.17, 15) is 0 Å². The standard InChI is InChI=1S/C21H29N3O2/c1-14-9-15(2)18(16(3)10-14)13-24-21(22-4)23-12-17-7-8-19(25-5)20(11-17)26-6/h7-11H,12-13H2,1-6H3,(H2,22,23,24). The Balaban J connectivity index is 1.99. The minimum absolute atomic E-state index is 0.645. The lowest BCUT2D eigenvalue weighted by atomic mass is 10.00. The van der Waals surface area contributed by atoms with Gasteiger partial charge < -0.3 is 20.1 Å². The van der Waals surface area contributed by atoms with Gasteiger partial charge in [0.05, 0.1) is 14.2 Å². The molecule has 0 saturated carbocycles. The van der Waals surface area contributed by atoms with Crippen LogP contribution in [0.1, 0.15) is 27.8 Å². The smallest absolute Gasteiger partial charge is 0.191 e. The van der Waals surface area contributed by atoms with Crippen LogP contribution in [0, 0.1) is 20.8 Å². The molecule has 0 aliphatic carbocycles. The van der Waals surface area contributed by atoms with Crippen LogP contribution in [0.25, 0.3) is 0 Å². The van der Waals surface area contributed by atoms with E-state index in [2.05, 4.69) is 48.5 Å². The normalized spacial score (nSPS) is 11.2. The molecule has 0 unspecified atom stereocenters. The summed E-state index contributed by atoms with van der Waals surface area (Å²) in [4.78, 5) is 4.31. The zero-order valence-corrected chi connectivity index (χ0v) is 16.6. The molecule has 2 aromatic carbocycles. The highest BCUT2D eigenvalue weighted by molar-refractivity contribution is 5.79. The number of hydrogen-bond donors (Lipinski definition) is 2. The monoisotopic (exact) mass is 355 g/mol. The fourth-order valence-electron chi connectivity index (χ4n) is 3.06. The first-order valence-corrected chi connectivity index (χ1v) is 8.70. The molecule has 0 heterocycles. The SMILES string of the molecule is CN=C(NCc1ccc(OC)c(OC)c1)NCc1c(C)cc(C)cc1C. The molecule has 140 valence electrons. The molecular formula is C21H29N3O2. The summed E-state index contributed by atoms with van der Waals surface area (Å²) in [6.45, 7) is 7.81. The highest BCUT2D eigenvalue weighted by Crippen LogP contribution is 2.27. The van der Waals surface area contributed by atoms with Crippen molar-refractivity contribution in [1.29, 1.82) is 0 Å². The summed E-state index contributed by atoms with van der Waals surface area (Å²) in [5.74, 6) is 2.21. The van der Waals surface area contributed by atoms with Gasteiger partial charge in [0.15, 0.2) is 17.5 Å². The molecule has 0 atom stereocenters. The summed E-state index contributed by atoms with van der Waals surface area (Å²) in [6.07, 6.45) is 0. The Morgan fingerprint density at radius 3 is 2.08 bits per heavy atom. The molecule has 0 spiro atoms. The van der Waals surface area contributed by atoms with Crippen LogP contribution in [0.3, 0.4) is 0 Å². The quantitative estimate of drug-likeness (QED) is 0.615. The number of rotatable bonds is 6. The van der Waals surface area contributed by atoms with Crippen molar-refractivity contribution in [3.8, 4) is 11.5 Å². The second kappa shape index (κ2) is 9.13. The van der Waals surface area contributed by atoms with E-state index < -0.39 is 0 Å². The number of hydrogen-bond acceptors (Lipinski definition) is 3. The maximum atomic E-state index is 5.35. The molecule has 26 heavy (non-hydrogen) atoms. The maximum absolute atomic E-state index is 5.35. The first kappa shape index (κ1) is 19.6. The van der Waals surface area contributed by atoms with Crippen LogP contribution >= 0.6 is 0 Å². The molecule has 2 N–H and O–H groups in total. The first-order chi connectivity index (χ1) is 12.5. The highest BCUT2D eigenvalue weighted by Gasteiger charge is 2.07. The summed E-state index contributed by atoms with van der Waals surface area (Å²) in [7, 11) is 5.05. The molecule has 2 aromatic rings. The average Bonchev–Trinajstić information content (AvgIpc) is 2.62. The van der Waals surface area contributed by atoms with Gasteiger partial charge in [-0.2, -0.15) is 0 Å². The third-order valence-electron chi connectivity index (χ3n) is 4.40. The lowest BCUT2D eigenvalue weighted by Crippen LogP contribution is -2.36. The molecule has 0 amide bonds. The van der Waals surface area contributed by atoms with Gasteiger partial charge in [0, 0.05) is 20.1 Å². The number of nitrogens with zero attached hydrogens (tertiary/aromatic N) is 1. The zero-order valence-electron chi connectivity index (χ0n) is 16.6. The second-order valence-corrected chi connectivity index (χ2v) is 6.35. The largest absolute Gasteiger partial charge is 0.493 e. The number of aliphatic imine (C=N–C) groups is 1. The van der Waals surface area contributed by atoms with Gasteiger partial charge in [-0.25, -0.2) is 0 Å². The summed E-state index contributed by atoms with van der Waals surface area (Å²) in [6, 6.07) is 10.3. The number of benzene rings is 2. The third-order valence-corrected chi connectivity index (χ3v) is 4.40. The van der Waals surface area contributed by atoms with Crippen LogP contribution in [0.4, 0.5) is 0 Å². The summed E-state index contributed by atoms with van der Waals surface area (Å²) in [5, 5.41) is 6.73. The Hall–Kier alpha value is -2.69. The second-order valence-electron chi connectivity index (χ2n) is 6.35. The van der Waals surface area contributed by atoms with Crippen molar-refractivity contribution in [1.82, 2.24) is 10.6 Å². The van der Waals surface area contributed by atoms with Gasteiger partial charge in [-0.1, -0.05) is 23.8 Å². The molecule has 0 aliphatic rings. The topological polar surface area (TPSA) is 54.9 Å². The van der Waals surface area contributed by atoms with Crippen molar-refractivity contribution in [3.63, 3.8) is 0 Å². The lowest BCUT2D eigenvalue weighted by Gasteiger charge is -2.16. The van der Waals surface area contributed by atoms with Crippen molar-refractivity contribution in [2.45, 2.75) is 33.9 Å². The molecule has 0 bridgehead atoms. The van der Waals surface area contributed by atoms with Crippen LogP contribution in [0.2, 0.25) is 0 Å². The van der Waals surface area contributed by atoms with E-state index >= 15 is 0 Å². The third kappa shape index (κ3) is 4.91. The highest BCUT2D eigenvalue weighted by atomic mass is 16.5. The molecule has 5 nitrogen and oxygen atoms in total. The molecule has 0 fully saturated rings. The average molecular weight is 355 g/mol. The van der Waals surface area contributed by atoms with Crippen molar-refractivity contribution in [2.75, 3.05) is 21.3 Å². The number of nitrogens with one attached hydrogen (secondary N) is 2. The Bertz CT molecular complexity index is 762. The van der Waals surface area contributed by atoms with Crippen molar-refractivity contribution >= 4 is 5.96 Å². The van der Waals surface area contributed by atoms with E-state index in [0.717, 1.165) is 29.6 Å². The molecule has 0 saturated heterocycles. The van der Waals surface area contributed by atoms with E-state index in [-0.39, 0.29) is 0 Å². The molecule has 2 rings (SSSR count). The summed E-state index contributed by atoms with van der Waals surface area (Å²) < 4.78 is 10.6.